The Hall–Kier alpha value is -14.6. The van der Waals surface area contributed by atoms with Crippen LogP contribution < -0.4 is 0 Å². The molecule has 1 aromatic heterocycles. The zero-order valence-electron chi connectivity index (χ0n) is 63.0. The number of benzene rings is 23. The Balaban J connectivity index is 0.000000105. The summed E-state index contributed by atoms with van der Waals surface area (Å²) in [6.45, 7) is 0. The predicted molar refractivity (Wildman–Crippen MR) is 499 cm³/mol. The van der Waals surface area contributed by atoms with Crippen molar-refractivity contribution in [2.75, 3.05) is 0 Å². The maximum Gasteiger partial charge on any atom is 0.0434 e. The smallest absolute Gasteiger partial charge is 0.0434 e. The molecule has 0 fully saturated rings. The van der Waals surface area contributed by atoms with E-state index in [4.69, 9.17) is 0 Å². The monoisotopic (exact) mass is 1470 g/mol. The predicted octanol–water partition coefficient (Wildman–Crippen LogP) is 32.8. The molecule has 1 heterocycles. The molecular weight excluding hydrogens is 1400 g/mol. The normalized spacial score (nSPS) is 11.7. The van der Waals surface area contributed by atoms with Crippen LogP contribution in [-0.2, 0) is 0 Å². The van der Waals surface area contributed by atoms with Crippen molar-refractivity contribution >= 4 is 139 Å². The summed E-state index contributed by atoms with van der Waals surface area (Å²) in [5.74, 6) is 0. The summed E-state index contributed by atoms with van der Waals surface area (Å²) in [5.41, 5.74) is 22.9. The molecule has 0 aliphatic carbocycles. The highest BCUT2D eigenvalue weighted by atomic mass is 32.1. The zero-order chi connectivity index (χ0) is 75.9. The molecule has 0 bridgehead atoms. The minimum absolute atomic E-state index is 1.24. The van der Waals surface area contributed by atoms with E-state index >= 15 is 0 Å². The van der Waals surface area contributed by atoms with Gasteiger partial charge in [0.1, 0.15) is 0 Å². The molecule has 0 N–H and O–H groups in total. The second kappa shape index (κ2) is 28.3. The van der Waals surface area contributed by atoms with Gasteiger partial charge in [-0.25, -0.2) is 0 Å². The van der Waals surface area contributed by atoms with Crippen LogP contribution in [0.5, 0.6) is 0 Å². The minimum atomic E-state index is 1.24. The van der Waals surface area contributed by atoms with E-state index in [0.29, 0.717) is 0 Å². The Morgan fingerprint density at radius 2 is 0.426 bits per heavy atom. The van der Waals surface area contributed by atoms with E-state index in [1.165, 1.54) is 228 Å². The fraction of sp³-hybridized carbons (Fsp3) is 0. The maximum atomic E-state index is 2.39. The third-order valence-electron chi connectivity index (χ3n) is 23.9. The lowest BCUT2D eigenvalue weighted by atomic mass is 9.82. The second-order valence-corrected chi connectivity index (χ2v) is 31.3. The van der Waals surface area contributed by atoms with E-state index in [1.807, 2.05) is 11.3 Å². The standard InChI is InChI=1S/C40H26.C38H24S.C36H22/c1-5-13-27(14-6-1)35-25-36(28-15-7-2-8-16-28)32-23-24-34-38(30-19-11-4-12-20-30)26-37(29-17-9-3-10-18-29)33-22-21-31(35)39(32)40(33)34;1-2-12-25(13-3-1)26-14-10-15-27(24-26)36-29-17-4-6-19-31(29)37(32-20-7-5-18-30(32)36)34-22-11-21-33-28-16-8-9-23-35(28)39-38(33)34;1-3-11-27-23(7-1)9-5-13-29(27)31-19-15-25-18-22-34-32(20-16-26-17-21-33(31)35(25)36(26)34)30-14-6-10-24-8-2-4-12-28(24)30/h1-26H;1-24H;1-22H. The molecule has 0 aliphatic heterocycles. The average Bonchev–Trinajstić information content (AvgIpc) is 1.14. The summed E-state index contributed by atoms with van der Waals surface area (Å²) in [6.07, 6.45) is 0. The van der Waals surface area contributed by atoms with Crippen LogP contribution in [0.3, 0.4) is 0 Å². The van der Waals surface area contributed by atoms with E-state index in [2.05, 4.69) is 437 Å². The van der Waals surface area contributed by atoms with Crippen LogP contribution in [0.25, 0.3) is 228 Å². The third kappa shape index (κ3) is 11.5. The molecule has 534 valence electrons. The van der Waals surface area contributed by atoms with Gasteiger partial charge in [0.05, 0.1) is 0 Å². The lowest BCUT2D eigenvalue weighted by Gasteiger charge is -2.21. The second-order valence-electron chi connectivity index (χ2n) is 30.2. The summed E-state index contributed by atoms with van der Waals surface area (Å²) in [5, 5.41) is 28.8. The van der Waals surface area contributed by atoms with Crippen molar-refractivity contribution in [1.82, 2.24) is 0 Å². The van der Waals surface area contributed by atoms with Gasteiger partial charge < -0.3 is 0 Å². The van der Waals surface area contributed by atoms with Crippen LogP contribution >= 0.6 is 11.3 Å². The van der Waals surface area contributed by atoms with E-state index in [9.17, 15) is 0 Å². The molecule has 1 heteroatoms. The Labute approximate surface area is 671 Å². The molecule has 0 saturated heterocycles. The van der Waals surface area contributed by atoms with Gasteiger partial charge in [0.2, 0.25) is 0 Å². The van der Waals surface area contributed by atoms with E-state index < -0.39 is 0 Å². The van der Waals surface area contributed by atoms with E-state index in [-0.39, 0.29) is 0 Å². The first-order valence-corrected chi connectivity index (χ1v) is 40.6. The van der Waals surface area contributed by atoms with Crippen molar-refractivity contribution in [3.63, 3.8) is 0 Å². The van der Waals surface area contributed by atoms with E-state index in [1.54, 1.807) is 0 Å². The topological polar surface area (TPSA) is 0 Å². The molecule has 0 aliphatic rings. The molecule has 23 aromatic carbocycles. The van der Waals surface area contributed by atoms with Gasteiger partial charge in [-0.1, -0.05) is 413 Å². The Morgan fingerprint density at radius 1 is 0.130 bits per heavy atom. The molecule has 24 aromatic rings. The average molecular weight is 1470 g/mol. The van der Waals surface area contributed by atoms with Gasteiger partial charge in [-0.05, 0) is 227 Å². The van der Waals surface area contributed by atoms with Crippen LogP contribution in [0.2, 0.25) is 0 Å². The molecule has 24 rings (SSSR count). The summed E-state index contributed by atoms with van der Waals surface area (Å²) in [7, 11) is 0. The molecule has 0 saturated carbocycles. The SMILES string of the molecule is c1ccc(-c2cc(-c3ccccc3)c3ccc4c(-c5ccccc5)cc(-c5ccccc5)c5ccc2c3c54)cc1.c1ccc(-c2cccc(-c3c4ccccc4c(-c4cccc5c4sc4ccccc45)c4ccccc34)c2)cc1.c1ccc2c(-c3ccc4ccc5c(-c6cccc7ccccc67)ccc6ccc3c4c65)cccc2c1. The van der Waals surface area contributed by atoms with Crippen LogP contribution in [0, 0.1) is 0 Å². The first-order valence-electron chi connectivity index (χ1n) is 39.8. The summed E-state index contributed by atoms with van der Waals surface area (Å²) >= 11 is 1.90. The number of hydrogen-bond acceptors (Lipinski definition) is 1. The number of hydrogen-bond donors (Lipinski definition) is 0. The van der Waals surface area contributed by atoms with Crippen LogP contribution in [0.15, 0.2) is 437 Å². The lowest BCUT2D eigenvalue weighted by Crippen LogP contribution is -1.94. The Bertz CT molecular complexity index is 7330. The van der Waals surface area contributed by atoms with Crippen molar-refractivity contribution < 1.29 is 0 Å². The summed E-state index contributed by atoms with van der Waals surface area (Å²) in [6, 6.07) is 160. The van der Waals surface area contributed by atoms with Crippen LogP contribution in [-0.4, -0.2) is 0 Å². The zero-order valence-corrected chi connectivity index (χ0v) is 63.8. The number of thiophene rings is 1. The van der Waals surface area contributed by atoms with Crippen LogP contribution in [0.4, 0.5) is 0 Å². The molecule has 0 spiro atoms. The first-order chi connectivity index (χ1) is 57.1. The summed E-state index contributed by atoms with van der Waals surface area (Å²) < 4.78 is 2.69. The number of fused-ring (bicyclic) bond motifs is 7. The van der Waals surface area contributed by atoms with Crippen molar-refractivity contribution in [2.45, 2.75) is 0 Å². The molecule has 0 nitrogen and oxygen atoms in total. The summed E-state index contributed by atoms with van der Waals surface area (Å²) in [4.78, 5) is 0. The Kier molecular flexibility index (Phi) is 16.6. The maximum absolute atomic E-state index is 2.39. The van der Waals surface area contributed by atoms with Crippen molar-refractivity contribution in [3.8, 4) is 100 Å². The van der Waals surface area contributed by atoms with Crippen molar-refractivity contribution in [3.05, 3.63) is 437 Å². The highest BCUT2D eigenvalue weighted by Gasteiger charge is 2.24. The molecule has 0 atom stereocenters. The molecule has 115 heavy (non-hydrogen) atoms. The van der Waals surface area contributed by atoms with Gasteiger partial charge >= 0.3 is 0 Å². The molecule has 0 unspecified atom stereocenters. The van der Waals surface area contributed by atoms with Gasteiger partial charge in [0, 0.05) is 25.7 Å². The lowest BCUT2D eigenvalue weighted by molar-refractivity contribution is 1.61. The van der Waals surface area contributed by atoms with Gasteiger partial charge in [-0.3, -0.25) is 0 Å². The fourth-order valence-electron chi connectivity index (χ4n) is 18.8. The third-order valence-corrected chi connectivity index (χ3v) is 25.1. The highest BCUT2D eigenvalue weighted by Crippen LogP contribution is 2.52. The Morgan fingerprint density at radius 3 is 0.878 bits per heavy atom. The van der Waals surface area contributed by atoms with E-state index in [0.717, 1.165) is 0 Å². The van der Waals surface area contributed by atoms with Crippen molar-refractivity contribution in [2.24, 2.45) is 0 Å². The molecule has 0 amide bonds. The van der Waals surface area contributed by atoms with Gasteiger partial charge in [0.25, 0.3) is 0 Å². The first kappa shape index (κ1) is 67.3. The highest BCUT2D eigenvalue weighted by molar-refractivity contribution is 7.26. The quantitative estimate of drug-likeness (QED) is 0.0998. The van der Waals surface area contributed by atoms with Crippen LogP contribution in [0.1, 0.15) is 0 Å². The molecular formula is C114H72S. The fourth-order valence-corrected chi connectivity index (χ4v) is 20.0. The van der Waals surface area contributed by atoms with Crippen molar-refractivity contribution in [1.29, 1.82) is 0 Å². The molecule has 0 radical (unpaired) electrons. The largest absolute Gasteiger partial charge is 0.135 e. The van der Waals surface area contributed by atoms with Gasteiger partial charge in [-0.2, -0.15) is 0 Å². The van der Waals surface area contributed by atoms with Gasteiger partial charge in [0.15, 0.2) is 0 Å². The van der Waals surface area contributed by atoms with Gasteiger partial charge in [-0.15, -0.1) is 11.3 Å². The minimum Gasteiger partial charge on any atom is -0.135 e. The number of rotatable bonds is 9.